The van der Waals surface area contributed by atoms with E-state index in [4.69, 9.17) is 5.73 Å². The molecule has 0 aliphatic carbocycles. The largest absolute Gasteiger partial charge is 0.399 e. The molecule has 3 rings (SSSR count). The summed E-state index contributed by atoms with van der Waals surface area (Å²) < 4.78 is 14.0. The Morgan fingerprint density at radius 3 is 2.86 bits per heavy atom. The lowest BCUT2D eigenvalue weighted by Crippen LogP contribution is -2.15. The lowest BCUT2D eigenvalue weighted by atomic mass is 10.1. The first-order valence-corrected chi connectivity index (χ1v) is 6.36. The minimum atomic E-state index is -0.595. The van der Waals surface area contributed by atoms with Gasteiger partial charge in [-0.25, -0.2) is 9.37 Å². The van der Waals surface area contributed by atoms with Gasteiger partial charge in [0, 0.05) is 5.69 Å². The standard InChI is InChI=1S/C15H13FN4O/c1-8-6-9(17)7-10(13(8)16)14(21)20-15-18-11-4-2-3-5-12(11)19-15/h2-7H,17H2,1H3,(H2,18,19,20,21). The van der Waals surface area contributed by atoms with Crippen LogP contribution in [-0.2, 0) is 0 Å². The molecule has 0 spiro atoms. The number of carbonyl (C=O) groups is 1. The van der Waals surface area contributed by atoms with E-state index in [0.29, 0.717) is 11.3 Å². The van der Waals surface area contributed by atoms with Crippen LogP contribution >= 0.6 is 0 Å². The maximum absolute atomic E-state index is 14.0. The number of nitrogens with one attached hydrogen (secondary N) is 2. The second-order valence-corrected chi connectivity index (χ2v) is 4.76. The van der Waals surface area contributed by atoms with Crippen LogP contribution in [0.2, 0.25) is 0 Å². The Labute approximate surface area is 120 Å². The fourth-order valence-electron chi connectivity index (χ4n) is 2.15. The maximum atomic E-state index is 14.0. The van der Waals surface area contributed by atoms with Crippen molar-refractivity contribution in [3.8, 4) is 0 Å². The van der Waals surface area contributed by atoms with Gasteiger partial charge >= 0.3 is 0 Å². The van der Waals surface area contributed by atoms with Gasteiger partial charge < -0.3 is 10.7 Å². The molecule has 0 aliphatic heterocycles. The average molecular weight is 284 g/mol. The lowest BCUT2D eigenvalue weighted by Gasteiger charge is -2.07. The van der Waals surface area contributed by atoms with Crippen LogP contribution in [0.5, 0.6) is 0 Å². The molecule has 1 aromatic heterocycles. The number of hydrogen-bond donors (Lipinski definition) is 3. The van der Waals surface area contributed by atoms with Crippen LogP contribution in [0, 0.1) is 12.7 Å². The van der Waals surface area contributed by atoms with Crippen LogP contribution in [0.3, 0.4) is 0 Å². The van der Waals surface area contributed by atoms with Crippen molar-refractivity contribution in [2.45, 2.75) is 6.92 Å². The van der Waals surface area contributed by atoms with Gasteiger partial charge in [0.15, 0.2) is 0 Å². The predicted octanol–water partition coefficient (Wildman–Crippen LogP) is 2.84. The Balaban J connectivity index is 1.93. The zero-order valence-corrected chi connectivity index (χ0v) is 11.3. The number of aryl methyl sites for hydroxylation is 1. The average Bonchev–Trinajstić information content (AvgIpc) is 2.84. The van der Waals surface area contributed by atoms with E-state index in [1.54, 1.807) is 6.92 Å². The molecule has 5 nitrogen and oxygen atoms in total. The fourth-order valence-corrected chi connectivity index (χ4v) is 2.15. The normalized spacial score (nSPS) is 10.8. The maximum Gasteiger partial charge on any atom is 0.261 e. The number of hydrogen-bond acceptors (Lipinski definition) is 3. The van der Waals surface area contributed by atoms with Crippen molar-refractivity contribution in [3.63, 3.8) is 0 Å². The lowest BCUT2D eigenvalue weighted by molar-refractivity contribution is 0.102. The number of halogens is 1. The highest BCUT2D eigenvalue weighted by Crippen LogP contribution is 2.19. The van der Waals surface area contributed by atoms with Crippen LogP contribution in [0.4, 0.5) is 16.0 Å². The van der Waals surface area contributed by atoms with Crippen LogP contribution < -0.4 is 11.1 Å². The molecule has 0 radical (unpaired) electrons. The third kappa shape index (κ3) is 2.43. The highest BCUT2D eigenvalue weighted by molar-refractivity contribution is 6.04. The molecule has 2 aromatic carbocycles. The van der Waals surface area contributed by atoms with Gasteiger partial charge in [-0.3, -0.25) is 10.1 Å². The third-order valence-electron chi connectivity index (χ3n) is 3.14. The molecular weight excluding hydrogens is 271 g/mol. The Kier molecular flexibility index (Phi) is 3.06. The monoisotopic (exact) mass is 284 g/mol. The number of nitrogens with two attached hydrogens (primary N) is 1. The van der Waals surface area contributed by atoms with E-state index >= 15 is 0 Å². The van der Waals surface area contributed by atoms with E-state index in [-0.39, 0.29) is 11.5 Å². The second kappa shape index (κ2) is 4.90. The minimum absolute atomic E-state index is 0.104. The van der Waals surface area contributed by atoms with Crippen molar-refractivity contribution in [3.05, 3.63) is 53.3 Å². The molecular formula is C15H13FN4O. The zero-order valence-electron chi connectivity index (χ0n) is 11.3. The minimum Gasteiger partial charge on any atom is -0.399 e. The molecule has 1 amide bonds. The molecule has 0 unspecified atom stereocenters. The molecule has 0 bridgehead atoms. The summed E-state index contributed by atoms with van der Waals surface area (Å²) in [5, 5.41) is 2.54. The van der Waals surface area contributed by atoms with Crippen molar-refractivity contribution < 1.29 is 9.18 Å². The van der Waals surface area contributed by atoms with Gasteiger partial charge in [-0.2, -0.15) is 0 Å². The van der Waals surface area contributed by atoms with E-state index < -0.39 is 11.7 Å². The summed E-state index contributed by atoms with van der Waals surface area (Å²) in [5.74, 6) is -0.916. The Hall–Kier alpha value is -2.89. The predicted molar refractivity (Wildman–Crippen MR) is 79.6 cm³/mol. The van der Waals surface area contributed by atoms with Gasteiger partial charge in [-0.1, -0.05) is 12.1 Å². The number of benzene rings is 2. The second-order valence-electron chi connectivity index (χ2n) is 4.76. The van der Waals surface area contributed by atoms with Crippen molar-refractivity contribution in [2.75, 3.05) is 11.1 Å². The number of H-pyrrole nitrogens is 1. The van der Waals surface area contributed by atoms with Crippen molar-refractivity contribution in [2.24, 2.45) is 0 Å². The van der Waals surface area contributed by atoms with E-state index in [2.05, 4.69) is 15.3 Å². The Morgan fingerprint density at radius 1 is 1.33 bits per heavy atom. The van der Waals surface area contributed by atoms with Gasteiger partial charge in [-0.05, 0) is 36.8 Å². The molecule has 1 heterocycles. The van der Waals surface area contributed by atoms with Crippen LogP contribution in [-0.4, -0.2) is 15.9 Å². The van der Waals surface area contributed by atoms with E-state index in [9.17, 15) is 9.18 Å². The van der Waals surface area contributed by atoms with Gasteiger partial charge in [0.1, 0.15) is 5.82 Å². The summed E-state index contributed by atoms with van der Waals surface area (Å²) in [6, 6.07) is 10.1. The number of para-hydroxylation sites is 2. The topological polar surface area (TPSA) is 83.8 Å². The Bertz CT molecular complexity index is 808. The SMILES string of the molecule is Cc1cc(N)cc(C(=O)Nc2nc3ccccc3[nH]2)c1F. The summed E-state index contributed by atoms with van der Waals surface area (Å²) in [4.78, 5) is 19.3. The van der Waals surface area contributed by atoms with Crippen LogP contribution in [0.15, 0.2) is 36.4 Å². The molecule has 0 aliphatic rings. The van der Waals surface area contributed by atoms with E-state index in [1.807, 2.05) is 24.3 Å². The molecule has 0 saturated carbocycles. The smallest absolute Gasteiger partial charge is 0.261 e. The van der Waals surface area contributed by atoms with Crippen molar-refractivity contribution in [1.82, 2.24) is 9.97 Å². The highest BCUT2D eigenvalue weighted by Gasteiger charge is 2.16. The summed E-state index contributed by atoms with van der Waals surface area (Å²) in [6.45, 7) is 1.56. The molecule has 106 valence electrons. The number of nitrogens with zero attached hydrogens (tertiary/aromatic N) is 1. The summed E-state index contributed by atoms with van der Waals surface area (Å²) >= 11 is 0. The first-order chi connectivity index (χ1) is 10.0. The zero-order chi connectivity index (χ0) is 15.0. The fraction of sp³-hybridized carbons (Fsp3) is 0.0667. The number of carbonyl (C=O) groups excluding carboxylic acids is 1. The molecule has 0 fully saturated rings. The summed E-state index contributed by atoms with van der Waals surface area (Å²) in [5.41, 5.74) is 7.72. The first-order valence-electron chi connectivity index (χ1n) is 6.36. The molecule has 0 saturated heterocycles. The summed E-state index contributed by atoms with van der Waals surface area (Å²) in [7, 11) is 0. The first kappa shape index (κ1) is 13.1. The molecule has 4 N–H and O–H groups in total. The van der Waals surface area contributed by atoms with Gasteiger partial charge in [-0.15, -0.1) is 0 Å². The van der Waals surface area contributed by atoms with Gasteiger partial charge in [0.25, 0.3) is 5.91 Å². The number of rotatable bonds is 2. The molecule has 0 atom stereocenters. The van der Waals surface area contributed by atoms with Crippen molar-refractivity contribution >= 4 is 28.6 Å². The van der Waals surface area contributed by atoms with E-state index in [0.717, 1.165) is 11.0 Å². The van der Waals surface area contributed by atoms with E-state index in [1.165, 1.54) is 12.1 Å². The van der Waals surface area contributed by atoms with Crippen LogP contribution in [0.25, 0.3) is 11.0 Å². The number of aromatic nitrogens is 2. The third-order valence-corrected chi connectivity index (χ3v) is 3.14. The molecule has 21 heavy (non-hydrogen) atoms. The number of nitrogen functional groups attached to an aromatic ring is 1. The number of aromatic amines is 1. The highest BCUT2D eigenvalue weighted by atomic mass is 19.1. The van der Waals surface area contributed by atoms with Crippen LogP contribution in [0.1, 0.15) is 15.9 Å². The summed E-state index contributed by atoms with van der Waals surface area (Å²) in [6.07, 6.45) is 0. The number of fused-ring (bicyclic) bond motifs is 1. The van der Waals surface area contributed by atoms with Crippen molar-refractivity contribution in [1.29, 1.82) is 0 Å². The molecule has 3 aromatic rings. The number of anilines is 2. The Morgan fingerprint density at radius 2 is 2.10 bits per heavy atom. The molecule has 6 heteroatoms. The number of amides is 1. The van der Waals surface area contributed by atoms with Gasteiger partial charge in [0.2, 0.25) is 5.95 Å². The quantitative estimate of drug-likeness (QED) is 0.633. The van der Waals surface area contributed by atoms with Gasteiger partial charge in [0.05, 0.1) is 16.6 Å². The number of imidazole rings is 1.